The van der Waals surface area contributed by atoms with Gasteiger partial charge in [-0.3, -0.25) is 0 Å². The summed E-state index contributed by atoms with van der Waals surface area (Å²) in [5.74, 6) is 0. The van der Waals surface area contributed by atoms with Crippen molar-refractivity contribution in [3.05, 3.63) is 27.5 Å². The van der Waals surface area contributed by atoms with Crippen LogP contribution in [0.5, 0.6) is 0 Å². The third-order valence-corrected chi connectivity index (χ3v) is 4.16. The molecule has 1 fully saturated rings. The van der Waals surface area contributed by atoms with Crippen molar-refractivity contribution < 1.29 is 0 Å². The highest BCUT2D eigenvalue weighted by Crippen LogP contribution is 2.56. The lowest BCUT2D eigenvalue weighted by Crippen LogP contribution is -2.45. The number of pyridine rings is 1. The third-order valence-electron chi connectivity index (χ3n) is 3.32. The van der Waals surface area contributed by atoms with Gasteiger partial charge in [0.05, 0.1) is 0 Å². The van der Waals surface area contributed by atoms with Gasteiger partial charge in [-0.15, -0.1) is 0 Å². The molecule has 0 bridgehead atoms. The molecule has 82 valence electrons. The van der Waals surface area contributed by atoms with Crippen LogP contribution < -0.4 is 5.73 Å². The molecule has 0 unspecified atom stereocenters. The highest BCUT2D eigenvalue weighted by atomic mass is 79.9. The van der Waals surface area contributed by atoms with Crippen molar-refractivity contribution in [2.45, 2.75) is 37.6 Å². The van der Waals surface area contributed by atoms with Crippen LogP contribution in [0.2, 0.25) is 5.15 Å². The minimum absolute atomic E-state index is 0.0679. The summed E-state index contributed by atoms with van der Waals surface area (Å²) in [4.78, 5) is 4.04. The summed E-state index contributed by atoms with van der Waals surface area (Å²) >= 11 is 9.45. The molecule has 0 spiro atoms. The second-order valence-electron chi connectivity index (χ2n) is 4.79. The zero-order valence-electron chi connectivity index (χ0n) is 8.85. The average Bonchev–Trinajstić information content (AvgIpc) is 2.88. The van der Waals surface area contributed by atoms with E-state index in [0.29, 0.717) is 5.15 Å². The van der Waals surface area contributed by atoms with E-state index in [-0.39, 0.29) is 11.0 Å². The summed E-state index contributed by atoms with van der Waals surface area (Å²) in [6, 6.07) is 1.92. The smallest absolute Gasteiger partial charge is 0.129 e. The minimum Gasteiger partial charge on any atom is -0.325 e. The Kier molecular flexibility index (Phi) is 2.61. The first-order valence-corrected chi connectivity index (χ1v) is 6.14. The van der Waals surface area contributed by atoms with Crippen LogP contribution in [-0.4, -0.2) is 10.5 Å². The van der Waals surface area contributed by atoms with E-state index in [1.165, 1.54) is 5.56 Å². The molecule has 0 amide bonds. The molecule has 1 heterocycles. The summed E-state index contributed by atoms with van der Waals surface area (Å²) in [6.45, 7) is 4.14. The van der Waals surface area contributed by atoms with E-state index in [9.17, 15) is 0 Å². The number of nitrogens with two attached hydrogens (primary N) is 1. The Balaban J connectivity index is 2.50. The molecule has 1 saturated carbocycles. The summed E-state index contributed by atoms with van der Waals surface area (Å²) in [5.41, 5.74) is 7.28. The Hall–Kier alpha value is -0.120. The fourth-order valence-corrected chi connectivity index (χ4v) is 2.92. The van der Waals surface area contributed by atoms with Crippen LogP contribution in [0.3, 0.4) is 0 Å². The van der Waals surface area contributed by atoms with Crippen LogP contribution in [-0.2, 0) is 5.41 Å². The Labute approximate surface area is 103 Å². The lowest BCUT2D eigenvalue weighted by atomic mass is 9.80. The van der Waals surface area contributed by atoms with Gasteiger partial charge in [0.2, 0.25) is 0 Å². The topological polar surface area (TPSA) is 38.9 Å². The van der Waals surface area contributed by atoms with E-state index in [2.05, 4.69) is 34.8 Å². The van der Waals surface area contributed by atoms with Gasteiger partial charge in [0.25, 0.3) is 0 Å². The summed E-state index contributed by atoms with van der Waals surface area (Å²) in [5, 5.41) is 0.531. The lowest BCUT2D eigenvalue weighted by molar-refractivity contribution is 0.390. The maximum absolute atomic E-state index is 6.24. The predicted octanol–water partition coefficient (Wildman–Crippen LogP) is 3.27. The largest absolute Gasteiger partial charge is 0.325 e. The van der Waals surface area contributed by atoms with Crippen LogP contribution >= 0.6 is 27.5 Å². The maximum Gasteiger partial charge on any atom is 0.129 e. The van der Waals surface area contributed by atoms with Gasteiger partial charge in [-0.05, 0) is 54.2 Å². The minimum atomic E-state index is -0.222. The van der Waals surface area contributed by atoms with Crippen LogP contribution in [0.25, 0.3) is 0 Å². The molecule has 15 heavy (non-hydrogen) atoms. The van der Waals surface area contributed by atoms with E-state index in [0.717, 1.165) is 17.3 Å². The number of hydrogen-bond donors (Lipinski definition) is 1. The Bertz CT molecular complexity index is 394. The van der Waals surface area contributed by atoms with Gasteiger partial charge in [0, 0.05) is 21.6 Å². The van der Waals surface area contributed by atoms with Gasteiger partial charge < -0.3 is 5.73 Å². The Morgan fingerprint density at radius 2 is 2.13 bits per heavy atom. The van der Waals surface area contributed by atoms with Crippen molar-refractivity contribution in [1.29, 1.82) is 0 Å². The van der Waals surface area contributed by atoms with Crippen LogP contribution in [0.4, 0.5) is 0 Å². The van der Waals surface area contributed by atoms with Crippen LogP contribution in [0.15, 0.2) is 16.7 Å². The van der Waals surface area contributed by atoms with Crippen molar-refractivity contribution in [2.24, 2.45) is 5.73 Å². The van der Waals surface area contributed by atoms with Gasteiger partial charge >= 0.3 is 0 Å². The molecular weight excluding hydrogens is 275 g/mol. The normalized spacial score (nSPS) is 19.0. The molecular formula is C11H14BrClN2. The second kappa shape index (κ2) is 3.44. The van der Waals surface area contributed by atoms with Crippen LogP contribution in [0.1, 0.15) is 32.3 Å². The molecule has 0 radical (unpaired) electrons. The average molecular weight is 290 g/mol. The monoisotopic (exact) mass is 288 g/mol. The highest BCUT2D eigenvalue weighted by Gasteiger charge is 2.54. The van der Waals surface area contributed by atoms with Gasteiger partial charge in [0.1, 0.15) is 5.15 Å². The van der Waals surface area contributed by atoms with Gasteiger partial charge in [0.15, 0.2) is 0 Å². The fourth-order valence-electron chi connectivity index (χ4n) is 2.17. The second-order valence-corrected chi connectivity index (χ2v) is 6.03. The van der Waals surface area contributed by atoms with Crippen molar-refractivity contribution in [3.8, 4) is 0 Å². The number of aromatic nitrogens is 1. The summed E-state index contributed by atoms with van der Waals surface area (Å²) in [6.07, 6.45) is 3.99. The zero-order valence-corrected chi connectivity index (χ0v) is 11.2. The number of nitrogens with zero attached hydrogens (tertiary/aromatic N) is 1. The molecule has 1 aliphatic rings. The van der Waals surface area contributed by atoms with E-state index in [4.69, 9.17) is 17.3 Å². The molecule has 0 saturated heterocycles. The Morgan fingerprint density at radius 1 is 1.53 bits per heavy atom. The van der Waals surface area contributed by atoms with Crippen molar-refractivity contribution in [1.82, 2.24) is 4.98 Å². The van der Waals surface area contributed by atoms with Crippen molar-refractivity contribution >= 4 is 27.5 Å². The molecule has 2 nitrogen and oxygen atoms in total. The van der Waals surface area contributed by atoms with Crippen LogP contribution in [0, 0.1) is 0 Å². The number of halogens is 2. The Morgan fingerprint density at radius 3 is 2.60 bits per heavy atom. The predicted molar refractivity (Wildman–Crippen MR) is 66.1 cm³/mol. The summed E-state index contributed by atoms with van der Waals surface area (Å²) < 4.78 is 1.00. The molecule has 1 aromatic rings. The molecule has 1 aromatic heterocycles. The molecule has 0 aromatic carbocycles. The molecule has 4 heteroatoms. The molecule has 2 N–H and O–H groups in total. The van der Waals surface area contributed by atoms with Gasteiger partial charge in [-0.1, -0.05) is 11.6 Å². The summed E-state index contributed by atoms with van der Waals surface area (Å²) in [7, 11) is 0. The lowest BCUT2D eigenvalue weighted by Gasteiger charge is -2.32. The van der Waals surface area contributed by atoms with Gasteiger partial charge in [-0.2, -0.15) is 0 Å². The zero-order chi connectivity index (χ0) is 11.3. The van der Waals surface area contributed by atoms with E-state index < -0.39 is 0 Å². The van der Waals surface area contributed by atoms with E-state index >= 15 is 0 Å². The van der Waals surface area contributed by atoms with E-state index in [1.807, 2.05) is 6.07 Å². The maximum atomic E-state index is 6.24. The highest BCUT2D eigenvalue weighted by molar-refractivity contribution is 9.10. The molecule has 1 aliphatic carbocycles. The van der Waals surface area contributed by atoms with Crippen molar-refractivity contribution in [2.75, 3.05) is 0 Å². The molecule has 0 atom stereocenters. The molecule has 0 aliphatic heterocycles. The van der Waals surface area contributed by atoms with E-state index in [1.54, 1.807) is 6.20 Å². The standard InChI is InChI=1S/C11H14BrClN2/c1-10(2,14)11(3-4-11)7-5-9(13)15-6-8(7)12/h5-6H,3-4,14H2,1-2H3. The number of rotatable bonds is 2. The third kappa shape index (κ3) is 1.81. The first-order chi connectivity index (χ1) is 6.87. The van der Waals surface area contributed by atoms with Crippen molar-refractivity contribution in [3.63, 3.8) is 0 Å². The van der Waals surface area contributed by atoms with Gasteiger partial charge in [-0.25, -0.2) is 4.98 Å². The molecule has 2 rings (SSSR count). The quantitative estimate of drug-likeness (QED) is 0.849. The first kappa shape index (κ1) is 11.4. The number of hydrogen-bond acceptors (Lipinski definition) is 2. The fraction of sp³-hybridized carbons (Fsp3) is 0.545. The first-order valence-electron chi connectivity index (χ1n) is 4.97. The SMILES string of the molecule is CC(C)(N)C1(c2cc(Cl)ncc2Br)CC1.